The highest BCUT2D eigenvalue weighted by Gasteiger charge is 2.11. The zero-order valence-corrected chi connectivity index (χ0v) is 7.69. The first kappa shape index (κ1) is 10.8. The molecule has 0 saturated heterocycles. The normalized spacial score (nSPS) is 15.9. The van der Waals surface area contributed by atoms with E-state index in [1.165, 1.54) is 0 Å². The van der Waals surface area contributed by atoms with Gasteiger partial charge in [-0.05, 0) is 13.3 Å². The number of hydrogen-bond acceptors (Lipinski definition) is 2. The molecule has 4 heteroatoms. The van der Waals surface area contributed by atoms with E-state index in [9.17, 15) is 4.21 Å². The fourth-order valence-corrected chi connectivity index (χ4v) is 1.02. The molecule has 0 heterocycles. The van der Waals surface area contributed by atoms with Crippen molar-refractivity contribution >= 4 is 11.1 Å². The van der Waals surface area contributed by atoms with Gasteiger partial charge in [-0.2, -0.15) is 0 Å². The first-order chi connectivity index (χ1) is 5.07. The molecule has 0 aromatic carbocycles. The van der Waals surface area contributed by atoms with Crippen molar-refractivity contribution in [1.82, 2.24) is 0 Å². The Kier molecular flexibility index (Phi) is 5.36. The lowest BCUT2D eigenvalue weighted by molar-refractivity contribution is 0.121. The molecule has 0 aliphatic carbocycles. The summed E-state index contributed by atoms with van der Waals surface area (Å²) in [6, 6.07) is 0. The van der Waals surface area contributed by atoms with E-state index in [1.54, 1.807) is 6.92 Å². The van der Waals surface area contributed by atoms with Gasteiger partial charge in [0.2, 0.25) is 0 Å². The van der Waals surface area contributed by atoms with E-state index in [1.807, 2.05) is 6.92 Å². The average Bonchev–Trinajstić information content (AvgIpc) is 1.87. The third-order valence-corrected chi connectivity index (χ3v) is 1.99. The first-order valence-corrected chi connectivity index (χ1v) is 4.60. The van der Waals surface area contributed by atoms with E-state index in [-0.39, 0.29) is 0 Å². The molecule has 0 aromatic heterocycles. The summed E-state index contributed by atoms with van der Waals surface area (Å²) in [6.45, 7) is 7.58. The van der Waals surface area contributed by atoms with Gasteiger partial charge < -0.3 is 9.29 Å². The van der Waals surface area contributed by atoms with Crippen LogP contribution in [0.2, 0.25) is 0 Å². The maximum atomic E-state index is 10.5. The van der Waals surface area contributed by atoms with Gasteiger partial charge in [0.15, 0.2) is 16.5 Å². The Morgan fingerprint density at radius 2 is 2.36 bits per heavy atom. The van der Waals surface area contributed by atoms with E-state index in [0.29, 0.717) is 13.0 Å². The smallest absolute Gasteiger partial charge is 0.182 e. The summed E-state index contributed by atoms with van der Waals surface area (Å²) < 4.78 is 24.2. The Labute approximate surface area is 69.7 Å². The highest BCUT2D eigenvalue weighted by Crippen LogP contribution is 2.03. The van der Waals surface area contributed by atoms with Gasteiger partial charge in [0, 0.05) is 0 Å². The van der Waals surface area contributed by atoms with Crippen molar-refractivity contribution in [1.29, 1.82) is 0 Å². The zero-order valence-electron chi connectivity index (χ0n) is 6.87. The highest BCUT2D eigenvalue weighted by atomic mass is 32.2. The molecule has 0 aliphatic heterocycles. The van der Waals surface area contributed by atoms with Crippen LogP contribution in [0.4, 0.5) is 0 Å². The van der Waals surface area contributed by atoms with Crippen LogP contribution < -0.4 is 0 Å². The van der Waals surface area contributed by atoms with E-state index in [0.717, 1.165) is 5.57 Å². The molecule has 0 aliphatic rings. The van der Waals surface area contributed by atoms with E-state index >= 15 is 0 Å². The molecule has 0 bridgehead atoms. The van der Waals surface area contributed by atoms with Crippen molar-refractivity contribution in [3.8, 4) is 0 Å². The summed E-state index contributed by atoms with van der Waals surface area (Å²) in [6.07, 6.45) is 0.538. The van der Waals surface area contributed by atoms with Gasteiger partial charge in [-0.25, -0.2) is 4.21 Å². The van der Waals surface area contributed by atoms with Crippen LogP contribution in [0.25, 0.3) is 0 Å². The fraction of sp³-hybridized carbons (Fsp3) is 0.714. The molecule has 0 radical (unpaired) electrons. The molecule has 11 heavy (non-hydrogen) atoms. The van der Waals surface area contributed by atoms with Crippen LogP contribution in [-0.2, 0) is 15.8 Å². The lowest BCUT2D eigenvalue weighted by atomic mass is 10.4. The third kappa shape index (κ3) is 5.12. The molecule has 0 amide bonds. The minimum Gasteiger partial charge on any atom is -0.358 e. The van der Waals surface area contributed by atoms with Crippen LogP contribution in [0, 0.1) is 0 Å². The molecule has 0 rings (SSSR count). The lowest BCUT2D eigenvalue weighted by Crippen LogP contribution is -2.18. The Bertz CT molecular complexity index is 156. The largest absolute Gasteiger partial charge is 0.358 e. The van der Waals surface area contributed by atoms with Crippen molar-refractivity contribution in [3.05, 3.63) is 12.2 Å². The molecule has 0 fully saturated rings. The van der Waals surface area contributed by atoms with Crippen LogP contribution in [0.15, 0.2) is 12.2 Å². The van der Waals surface area contributed by atoms with Crippen molar-refractivity contribution in [3.63, 3.8) is 0 Å². The second kappa shape index (κ2) is 5.46. The Morgan fingerprint density at radius 3 is 2.64 bits per heavy atom. The molecule has 2 unspecified atom stereocenters. The molecule has 1 N–H and O–H groups in total. The number of rotatable bonds is 5. The van der Waals surface area contributed by atoms with Gasteiger partial charge in [-0.3, -0.25) is 0 Å². The molecule has 66 valence electrons. The van der Waals surface area contributed by atoms with Crippen LogP contribution in [0.5, 0.6) is 0 Å². The Morgan fingerprint density at radius 1 is 1.82 bits per heavy atom. The van der Waals surface area contributed by atoms with Crippen LogP contribution in [0.1, 0.15) is 20.3 Å². The standard InChI is InChI=1S/C7H14O3S/c1-4-7(11(8)9)10-5-6(2)3/h7H,2,4-5H2,1,3H3,(H,8,9). The van der Waals surface area contributed by atoms with Crippen LogP contribution in [0.3, 0.4) is 0 Å². The topological polar surface area (TPSA) is 46.5 Å². The summed E-state index contributed by atoms with van der Waals surface area (Å²) in [7, 11) is 0. The summed E-state index contributed by atoms with van der Waals surface area (Å²) in [5.41, 5.74) is 0.278. The van der Waals surface area contributed by atoms with Crippen molar-refractivity contribution < 1.29 is 13.5 Å². The molecule has 0 saturated carbocycles. The molecular formula is C7H14O3S. The molecule has 3 nitrogen and oxygen atoms in total. The minimum atomic E-state index is -1.88. The van der Waals surface area contributed by atoms with Crippen molar-refractivity contribution in [2.45, 2.75) is 25.7 Å². The monoisotopic (exact) mass is 178 g/mol. The second-order valence-corrected chi connectivity index (χ2v) is 3.46. The Balaban J connectivity index is 3.70. The van der Waals surface area contributed by atoms with Gasteiger partial charge in [0.05, 0.1) is 6.61 Å². The van der Waals surface area contributed by atoms with Crippen LogP contribution in [-0.4, -0.2) is 20.8 Å². The van der Waals surface area contributed by atoms with E-state index in [2.05, 4.69) is 6.58 Å². The number of hydrogen-bond donors (Lipinski definition) is 1. The van der Waals surface area contributed by atoms with Gasteiger partial charge in [-0.15, -0.1) is 0 Å². The van der Waals surface area contributed by atoms with Crippen LogP contribution >= 0.6 is 0 Å². The van der Waals surface area contributed by atoms with Gasteiger partial charge in [-0.1, -0.05) is 19.1 Å². The second-order valence-electron chi connectivity index (χ2n) is 2.38. The molecular weight excluding hydrogens is 164 g/mol. The molecule has 0 spiro atoms. The molecule has 2 atom stereocenters. The minimum absolute atomic E-state index is 0.352. The first-order valence-electron chi connectivity index (χ1n) is 3.43. The molecule has 0 aromatic rings. The summed E-state index contributed by atoms with van der Waals surface area (Å²) in [5, 5.41) is 0. The van der Waals surface area contributed by atoms with Gasteiger partial charge in [0.1, 0.15) is 0 Å². The number of ether oxygens (including phenoxy) is 1. The lowest BCUT2D eigenvalue weighted by Gasteiger charge is -2.11. The summed E-state index contributed by atoms with van der Waals surface area (Å²) in [5.74, 6) is 0. The summed E-state index contributed by atoms with van der Waals surface area (Å²) in [4.78, 5) is 0. The van der Waals surface area contributed by atoms with Crippen molar-refractivity contribution in [2.24, 2.45) is 0 Å². The average molecular weight is 178 g/mol. The SMILES string of the molecule is C=C(C)COC(CC)S(=O)O. The summed E-state index contributed by atoms with van der Waals surface area (Å²) >= 11 is -1.88. The van der Waals surface area contributed by atoms with E-state index < -0.39 is 16.5 Å². The highest BCUT2D eigenvalue weighted by molar-refractivity contribution is 7.79. The Hall–Kier alpha value is -0.190. The van der Waals surface area contributed by atoms with Gasteiger partial charge in [0.25, 0.3) is 0 Å². The maximum absolute atomic E-state index is 10.5. The maximum Gasteiger partial charge on any atom is 0.182 e. The fourth-order valence-electron chi connectivity index (χ4n) is 0.554. The zero-order chi connectivity index (χ0) is 8.85. The van der Waals surface area contributed by atoms with Gasteiger partial charge >= 0.3 is 0 Å². The van der Waals surface area contributed by atoms with E-state index in [4.69, 9.17) is 9.29 Å². The predicted octanol–water partition coefficient (Wildman–Crippen LogP) is 1.54. The predicted molar refractivity (Wildman–Crippen MR) is 45.6 cm³/mol. The quantitative estimate of drug-likeness (QED) is 0.513. The van der Waals surface area contributed by atoms with Crippen molar-refractivity contribution in [2.75, 3.05) is 6.61 Å². The third-order valence-electron chi connectivity index (χ3n) is 1.07.